The average Bonchev–Trinajstić information content (AvgIpc) is 2.59. The Bertz CT molecular complexity index is 675. The molecule has 0 aliphatic rings. The van der Waals surface area contributed by atoms with E-state index in [2.05, 4.69) is 25.7 Å². The molecule has 0 aliphatic heterocycles. The second-order valence-corrected chi connectivity index (χ2v) is 6.46. The Labute approximate surface area is 153 Å². The van der Waals surface area contributed by atoms with Crippen molar-refractivity contribution in [2.24, 2.45) is 0 Å². The molecule has 2 rings (SSSR count). The Morgan fingerprint density at radius 3 is 2.68 bits per heavy atom. The van der Waals surface area contributed by atoms with Crippen LogP contribution in [0.1, 0.15) is 22.5 Å². The van der Waals surface area contributed by atoms with Crippen molar-refractivity contribution in [2.75, 3.05) is 39.0 Å². The topological polar surface area (TPSA) is 70.2 Å². The number of benzene rings is 1. The lowest BCUT2D eigenvalue weighted by molar-refractivity contribution is 0.0948. The van der Waals surface area contributed by atoms with Gasteiger partial charge in [0.05, 0.1) is 0 Å². The summed E-state index contributed by atoms with van der Waals surface area (Å²) < 4.78 is 0. The van der Waals surface area contributed by atoms with Gasteiger partial charge < -0.3 is 15.5 Å². The van der Waals surface area contributed by atoms with Gasteiger partial charge in [0.25, 0.3) is 5.91 Å². The molecule has 1 amide bonds. The number of nitrogens with one attached hydrogen (secondary N) is 2. The van der Waals surface area contributed by atoms with Gasteiger partial charge in [0.2, 0.25) is 0 Å². The number of anilines is 1. The van der Waals surface area contributed by atoms with Crippen molar-refractivity contribution in [3.8, 4) is 0 Å². The zero-order valence-corrected chi connectivity index (χ0v) is 15.4. The molecule has 1 heterocycles. The zero-order chi connectivity index (χ0) is 18.1. The standard InChI is InChI=1S/C18H24ClN5O/c1-24(2)12-4-10-20-17-8-7-16(22-23-17)18(25)21-11-9-14-5-3-6-15(19)13-14/h3,5-8,13H,4,9-12H2,1-2H3,(H,20,23)(H,21,25). The maximum absolute atomic E-state index is 12.1. The average molecular weight is 362 g/mol. The van der Waals surface area contributed by atoms with Crippen LogP contribution in [0, 0.1) is 0 Å². The van der Waals surface area contributed by atoms with E-state index >= 15 is 0 Å². The van der Waals surface area contributed by atoms with Crippen LogP contribution in [0.2, 0.25) is 5.02 Å². The third kappa shape index (κ3) is 7.07. The van der Waals surface area contributed by atoms with Crippen LogP contribution in [0.15, 0.2) is 36.4 Å². The van der Waals surface area contributed by atoms with Crippen molar-refractivity contribution in [3.05, 3.63) is 52.7 Å². The molecule has 6 nitrogen and oxygen atoms in total. The van der Waals surface area contributed by atoms with Gasteiger partial charge in [0.15, 0.2) is 5.69 Å². The summed E-state index contributed by atoms with van der Waals surface area (Å²) in [6, 6.07) is 11.0. The Morgan fingerprint density at radius 2 is 2.00 bits per heavy atom. The van der Waals surface area contributed by atoms with E-state index in [-0.39, 0.29) is 5.91 Å². The quantitative estimate of drug-likeness (QED) is 0.671. The molecule has 0 saturated carbocycles. The summed E-state index contributed by atoms with van der Waals surface area (Å²) in [4.78, 5) is 14.2. The number of aromatic nitrogens is 2. The highest BCUT2D eigenvalue weighted by molar-refractivity contribution is 6.30. The highest BCUT2D eigenvalue weighted by atomic mass is 35.5. The van der Waals surface area contributed by atoms with E-state index in [1.807, 2.05) is 38.4 Å². The molecule has 0 atom stereocenters. The van der Waals surface area contributed by atoms with Crippen LogP contribution in [0.4, 0.5) is 5.82 Å². The SMILES string of the molecule is CN(C)CCCNc1ccc(C(=O)NCCc2cccc(Cl)c2)nn1. The Hall–Kier alpha value is -2.18. The molecular weight excluding hydrogens is 338 g/mol. The van der Waals surface area contributed by atoms with Crippen LogP contribution in [0.3, 0.4) is 0 Å². The molecule has 0 radical (unpaired) electrons. The van der Waals surface area contributed by atoms with Crippen molar-refractivity contribution in [3.63, 3.8) is 0 Å². The predicted octanol–water partition coefficient (Wildman–Crippen LogP) is 2.47. The fourth-order valence-electron chi connectivity index (χ4n) is 2.26. The van der Waals surface area contributed by atoms with Gasteiger partial charge >= 0.3 is 0 Å². The molecule has 25 heavy (non-hydrogen) atoms. The van der Waals surface area contributed by atoms with Gasteiger partial charge in [-0.05, 0) is 63.3 Å². The first-order chi connectivity index (χ1) is 12.0. The van der Waals surface area contributed by atoms with Crippen LogP contribution < -0.4 is 10.6 Å². The fourth-order valence-corrected chi connectivity index (χ4v) is 2.48. The van der Waals surface area contributed by atoms with E-state index in [1.165, 1.54) is 0 Å². The largest absolute Gasteiger partial charge is 0.369 e. The molecule has 0 bridgehead atoms. The van der Waals surface area contributed by atoms with Gasteiger partial charge in [0.1, 0.15) is 5.82 Å². The minimum Gasteiger partial charge on any atom is -0.369 e. The van der Waals surface area contributed by atoms with Crippen molar-refractivity contribution in [1.29, 1.82) is 0 Å². The van der Waals surface area contributed by atoms with Gasteiger partial charge in [-0.1, -0.05) is 23.7 Å². The molecule has 2 aromatic rings. The zero-order valence-electron chi connectivity index (χ0n) is 14.6. The number of carbonyl (C=O) groups excluding carboxylic acids is 1. The summed E-state index contributed by atoms with van der Waals surface area (Å²) in [5.74, 6) is 0.447. The monoisotopic (exact) mass is 361 g/mol. The van der Waals surface area contributed by atoms with Crippen LogP contribution in [-0.2, 0) is 6.42 Å². The number of amides is 1. The molecule has 1 aromatic heterocycles. The molecule has 0 unspecified atom stereocenters. The Morgan fingerprint density at radius 1 is 1.16 bits per heavy atom. The highest BCUT2D eigenvalue weighted by Crippen LogP contribution is 2.10. The minimum absolute atomic E-state index is 0.228. The smallest absolute Gasteiger partial charge is 0.271 e. The van der Waals surface area contributed by atoms with Crippen molar-refractivity contribution >= 4 is 23.3 Å². The van der Waals surface area contributed by atoms with Crippen molar-refractivity contribution in [2.45, 2.75) is 12.8 Å². The minimum atomic E-state index is -0.228. The molecule has 0 spiro atoms. The Balaban J connectivity index is 1.74. The first-order valence-corrected chi connectivity index (χ1v) is 8.67. The molecule has 0 saturated heterocycles. The number of hydrogen-bond acceptors (Lipinski definition) is 5. The second kappa shape index (κ2) is 9.96. The molecule has 7 heteroatoms. The van der Waals surface area contributed by atoms with E-state index < -0.39 is 0 Å². The Kier molecular flexibility index (Phi) is 7.63. The maximum atomic E-state index is 12.1. The van der Waals surface area contributed by atoms with E-state index in [4.69, 9.17) is 11.6 Å². The van der Waals surface area contributed by atoms with Gasteiger partial charge in [-0.25, -0.2) is 0 Å². The number of halogens is 1. The summed E-state index contributed by atoms with van der Waals surface area (Å²) in [7, 11) is 4.08. The van der Waals surface area contributed by atoms with Crippen molar-refractivity contribution < 1.29 is 4.79 Å². The lowest BCUT2D eigenvalue weighted by atomic mass is 10.1. The third-order valence-electron chi connectivity index (χ3n) is 3.57. The number of hydrogen-bond donors (Lipinski definition) is 2. The normalized spacial score (nSPS) is 10.7. The predicted molar refractivity (Wildman–Crippen MR) is 101 cm³/mol. The van der Waals surface area contributed by atoms with Gasteiger partial charge in [-0.15, -0.1) is 10.2 Å². The van der Waals surface area contributed by atoms with E-state index in [9.17, 15) is 4.79 Å². The van der Waals surface area contributed by atoms with Crippen molar-refractivity contribution in [1.82, 2.24) is 20.4 Å². The van der Waals surface area contributed by atoms with Crippen LogP contribution in [0.25, 0.3) is 0 Å². The van der Waals surface area contributed by atoms with E-state index in [1.54, 1.807) is 12.1 Å². The highest BCUT2D eigenvalue weighted by Gasteiger charge is 2.07. The summed E-state index contributed by atoms with van der Waals surface area (Å²) in [6.07, 6.45) is 1.73. The number of rotatable bonds is 9. The summed E-state index contributed by atoms with van der Waals surface area (Å²) in [5.41, 5.74) is 1.39. The molecule has 0 aliphatic carbocycles. The summed E-state index contributed by atoms with van der Waals surface area (Å²) in [5, 5.41) is 14.7. The lowest BCUT2D eigenvalue weighted by Crippen LogP contribution is -2.26. The molecule has 134 valence electrons. The molecular formula is C18H24ClN5O. The fraction of sp³-hybridized carbons (Fsp3) is 0.389. The van der Waals surface area contributed by atoms with Gasteiger partial charge in [-0.3, -0.25) is 4.79 Å². The van der Waals surface area contributed by atoms with Crippen LogP contribution in [0.5, 0.6) is 0 Å². The summed E-state index contributed by atoms with van der Waals surface area (Å²) >= 11 is 5.94. The molecule has 1 aromatic carbocycles. The number of nitrogens with zero attached hydrogens (tertiary/aromatic N) is 3. The second-order valence-electron chi connectivity index (χ2n) is 6.02. The summed E-state index contributed by atoms with van der Waals surface area (Å²) in [6.45, 7) is 2.34. The lowest BCUT2D eigenvalue weighted by Gasteiger charge is -2.10. The van der Waals surface area contributed by atoms with Crippen LogP contribution in [-0.4, -0.2) is 54.7 Å². The van der Waals surface area contributed by atoms with Gasteiger partial charge in [0, 0.05) is 18.1 Å². The third-order valence-corrected chi connectivity index (χ3v) is 3.81. The van der Waals surface area contributed by atoms with E-state index in [0.29, 0.717) is 29.5 Å². The first kappa shape index (κ1) is 19.1. The molecule has 2 N–H and O–H groups in total. The van der Waals surface area contributed by atoms with Crippen LogP contribution >= 0.6 is 11.6 Å². The van der Waals surface area contributed by atoms with E-state index in [0.717, 1.165) is 25.1 Å². The van der Waals surface area contributed by atoms with Gasteiger partial charge in [-0.2, -0.15) is 0 Å². The number of carbonyl (C=O) groups is 1. The first-order valence-electron chi connectivity index (χ1n) is 8.29. The maximum Gasteiger partial charge on any atom is 0.271 e. The molecule has 0 fully saturated rings.